The minimum absolute atomic E-state index is 0.0179. The van der Waals surface area contributed by atoms with Gasteiger partial charge in [0, 0.05) is 31.4 Å². The molecule has 1 unspecified atom stereocenters. The molecular weight excluding hydrogens is 226 g/mol. The molecule has 0 heterocycles. The Kier molecular flexibility index (Phi) is 4.76. The van der Waals surface area contributed by atoms with Gasteiger partial charge in [-0.1, -0.05) is 6.42 Å². The van der Waals surface area contributed by atoms with Gasteiger partial charge in [-0.25, -0.2) is 8.42 Å². The van der Waals surface area contributed by atoms with Gasteiger partial charge in [0.1, 0.15) is 9.84 Å². The van der Waals surface area contributed by atoms with E-state index in [1.807, 2.05) is 6.92 Å². The van der Waals surface area contributed by atoms with E-state index in [1.165, 1.54) is 25.5 Å². The normalized spacial score (nSPS) is 21.4. The quantitative estimate of drug-likeness (QED) is 0.726. The summed E-state index contributed by atoms with van der Waals surface area (Å²) in [6, 6.07) is 0.0179. The number of sulfone groups is 1. The molecule has 5 heteroatoms. The van der Waals surface area contributed by atoms with Crippen molar-refractivity contribution in [3.8, 4) is 0 Å². The Bertz CT molecular complexity index is 309. The van der Waals surface area contributed by atoms with Crippen molar-refractivity contribution in [3.05, 3.63) is 0 Å². The van der Waals surface area contributed by atoms with Crippen LogP contribution in [0.2, 0.25) is 0 Å². The molecule has 0 saturated heterocycles. The number of ether oxygens (including phenoxy) is 1. The lowest BCUT2D eigenvalue weighted by Gasteiger charge is -2.42. The molecule has 0 aromatic heterocycles. The SMILES string of the molecule is COCC1(CNC(C)CS(C)(=O)=O)CCC1. The van der Waals surface area contributed by atoms with Gasteiger partial charge in [-0.15, -0.1) is 0 Å². The first-order valence-corrected chi connectivity index (χ1v) is 7.83. The zero-order valence-electron chi connectivity index (χ0n) is 10.5. The first-order valence-electron chi connectivity index (χ1n) is 5.77. The van der Waals surface area contributed by atoms with Crippen molar-refractivity contribution in [3.63, 3.8) is 0 Å². The first kappa shape index (κ1) is 13.9. The third kappa shape index (κ3) is 4.39. The van der Waals surface area contributed by atoms with Crippen LogP contribution in [0, 0.1) is 5.41 Å². The average Bonchev–Trinajstić information content (AvgIpc) is 2.06. The molecule has 1 saturated carbocycles. The van der Waals surface area contributed by atoms with Crippen LogP contribution in [0.5, 0.6) is 0 Å². The molecule has 4 nitrogen and oxygen atoms in total. The summed E-state index contributed by atoms with van der Waals surface area (Å²) in [7, 11) is -1.16. The van der Waals surface area contributed by atoms with E-state index in [1.54, 1.807) is 7.11 Å². The molecule has 1 aliphatic carbocycles. The van der Waals surface area contributed by atoms with Crippen LogP contribution in [-0.2, 0) is 14.6 Å². The maximum absolute atomic E-state index is 11.1. The van der Waals surface area contributed by atoms with Crippen molar-refractivity contribution in [2.24, 2.45) is 5.41 Å². The fraction of sp³-hybridized carbons (Fsp3) is 1.00. The summed E-state index contributed by atoms with van der Waals surface area (Å²) in [5.41, 5.74) is 0.251. The van der Waals surface area contributed by atoms with Gasteiger partial charge in [0.2, 0.25) is 0 Å². The standard InChI is InChI=1S/C11H23NO3S/c1-10(7-16(3,13)14)12-8-11(9-15-2)5-4-6-11/h10,12H,4-9H2,1-3H3. The van der Waals surface area contributed by atoms with Crippen LogP contribution in [0.4, 0.5) is 0 Å². The molecule has 0 bridgehead atoms. The highest BCUT2D eigenvalue weighted by atomic mass is 32.2. The smallest absolute Gasteiger partial charge is 0.148 e. The van der Waals surface area contributed by atoms with Crippen molar-refractivity contribution < 1.29 is 13.2 Å². The lowest BCUT2D eigenvalue weighted by molar-refractivity contribution is 0.0167. The Hall–Kier alpha value is -0.130. The van der Waals surface area contributed by atoms with Crippen LogP contribution < -0.4 is 5.32 Å². The molecule has 0 aliphatic heterocycles. The van der Waals surface area contributed by atoms with E-state index in [9.17, 15) is 8.42 Å². The van der Waals surface area contributed by atoms with Gasteiger partial charge in [0.25, 0.3) is 0 Å². The monoisotopic (exact) mass is 249 g/mol. The van der Waals surface area contributed by atoms with E-state index >= 15 is 0 Å². The Morgan fingerprint density at radius 1 is 1.44 bits per heavy atom. The Balaban J connectivity index is 2.32. The van der Waals surface area contributed by atoms with E-state index in [0.29, 0.717) is 0 Å². The highest BCUT2D eigenvalue weighted by molar-refractivity contribution is 7.90. The second-order valence-corrected chi connectivity index (χ2v) is 7.35. The Morgan fingerprint density at radius 3 is 2.44 bits per heavy atom. The second-order valence-electron chi connectivity index (χ2n) is 5.16. The predicted octanol–water partition coefficient (Wildman–Crippen LogP) is 0.826. The average molecular weight is 249 g/mol. The van der Waals surface area contributed by atoms with E-state index in [-0.39, 0.29) is 17.2 Å². The molecule has 1 aliphatic rings. The van der Waals surface area contributed by atoms with Crippen LogP contribution in [0.3, 0.4) is 0 Å². The van der Waals surface area contributed by atoms with E-state index in [2.05, 4.69) is 5.32 Å². The molecule has 0 aromatic rings. The van der Waals surface area contributed by atoms with Gasteiger partial charge < -0.3 is 10.1 Å². The maximum Gasteiger partial charge on any atom is 0.148 e. The van der Waals surface area contributed by atoms with Crippen molar-refractivity contribution in [2.45, 2.75) is 32.2 Å². The van der Waals surface area contributed by atoms with Gasteiger partial charge in [0.05, 0.1) is 12.4 Å². The van der Waals surface area contributed by atoms with E-state index < -0.39 is 9.84 Å². The fourth-order valence-electron chi connectivity index (χ4n) is 2.26. The summed E-state index contributed by atoms with van der Waals surface area (Å²) >= 11 is 0. The molecule has 1 N–H and O–H groups in total. The lowest BCUT2D eigenvalue weighted by Crippen LogP contribution is -2.47. The molecule has 0 radical (unpaired) electrons. The lowest BCUT2D eigenvalue weighted by atomic mass is 9.69. The highest BCUT2D eigenvalue weighted by Gasteiger charge is 2.36. The van der Waals surface area contributed by atoms with Crippen LogP contribution in [0.25, 0.3) is 0 Å². The first-order chi connectivity index (χ1) is 7.37. The van der Waals surface area contributed by atoms with Crippen LogP contribution >= 0.6 is 0 Å². The zero-order chi connectivity index (χ0) is 12.2. The van der Waals surface area contributed by atoms with Gasteiger partial charge in [-0.05, 0) is 19.8 Å². The maximum atomic E-state index is 11.1. The predicted molar refractivity (Wildman–Crippen MR) is 65.3 cm³/mol. The fourth-order valence-corrected chi connectivity index (χ4v) is 3.28. The molecule has 0 amide bonds. The molecular formula is C11H23NO3S. The van der Waals surface area contributed by atoms with E-state index in [4.69, 9.17) is 4.74 Å². The van der Waals surface area contributed by atoms with Gasteiger partial charge >= 0.3 is 0 Å². The summed E-state index contributed by atoms with van der Waals surface area (Å²) < 4.78 is 27.4. The van der Waals surface area contributed by atoms with Crippen molar-refractivity contribution >= 4 is 9.84 Å². The topological polar surface area (TPSA) is 55.4 Å². The summed E-state index contributed by atoms with van der Waals surface area (Å²) in [5, 5.41) is 3.31. The summed E-state index contributed by atoms with van der Waals surface area (Å²) in [6.45, 7) is 3.54. The number of nitrogens with one attached hydrogen (secondary N) is 1. The minimum atomic E-state index is -2.89. The molecule has 1 fully saturated rings. The molecule has 1 rings (SSSR count). The number of hydrogen-bond acceptors (Lipinski definition) is 4. The van der Waals surface area contributed by atoms with Crippen LogP contribution in [0.15, 0.2) is 0 Å². The van der Waals surface area contributed by atoms with Crippen molar-refractivity contribution in [1.82, 2.24) is 5.32 Å². The summed E-state index contributed by atoms with van der Waals surface area (Å²) in [6.07, 6.45) is 4.89. The van der Waals surface area contributed by atoms with Crippen LogP contribution in [0.1, 0.15) is 26.2 Å². The molecule has 1 atom stereocenters. The number of methoxy groups -OCH3 is 1. The van der Waals surface area contributed by atoms with Crippen molar-refractivity contribution in [2.75, 3.05) is 32.3 Å². The van der Waals surface area contributed by atoms with E-state index in [0.717, 1.165) is 13.2 Å². The number of hydrogen-bond donors (Lipinski definition) is 1. The highest BCUT2D eigenvalue weighted by Crippen LogP contribution is 2.40. The molecule has 0 spiro atoms. The number of rotatable bonds is 7. The third-order valence-electron chi connectivity index (χ3n) is 3.24. The minimum Gasteiger partial charge on any atom is -0.384 e. The molecule has 16 heavy (non-hydrogen) atoms. The van der Waals surface area contributed by atoms with Crippen LogP contribution in [-0.4, -0.2) is 46.7 Å². The zero-order valence-corrected chi connectivity index (χ0v) is 11.3. The van der Waals surface area contributed by atoms with Gasteiger partial charge in [-0.3, -0.25) is 0 Å². The second kappa shape index (κ2) is 5.47. The Morgan fingerprint density at radius 2 is 2.06 bits per heavy atom. The Labute approximate surface area is 98.7 Å². The molecule has 0 aromatic carbocycles. The largest absolute Gasteiger partial charge is 0.384 e. The third-order valence-corrected chi connectivity index (χ3v) is 4.35. The molecule has 96 valence electrons. The summed E-state index contributed by atoms with van der Waals surface area (Å²) in [5.74, 6) is 0.204. The summed E-state index contributed by atoms with van der Waals surface area (Å²) in [4.78, 5) is 0. The van der Waals surface area contributed by atoms with Crippen molar-refractivity contribution in [1.29, 1.82) is 0 Å². The van der Waals surface area contributed by atoms with Gasteiger partial charge in [-0.2, -0.15) is 0 Å². The van der Waals surface area contributed by atoms with Gasteiger partial charge in [0.15, 0.2) is 0 Å².